The summed E-state index contributed by atoms with van der Waals surface area (Å²) in [5, 5.41) is 0. The number of hydrogen-bond donors (Lipinski definition) is 0. The molecule has 0 bridgehead atoms. The van der Waals surface area contributed by atoms with Crippen molar-refractivity contribution in [3.05, 3.63) is 0 Å². The summed E-state index contributed by atoms with van der Waals surface area (Å²) < 4.78 is 2.40. The zero-order valence-electron chi connectivity index (χ0n) is 6.96. The standard InChI is InChI=1S/C8H15IN2/c1-7-6-10(9)4-5-11(7)8-2-3-8/h7-8H,2-6H2,1H3. The second-order valence-corrected chi connectivity index (χ2v) is 5.05. The Morgan fingerprint density at radius 1 is 1.27 bits per heavy atom. The molecule has 0 aromatic carbocycles. The van der Waals surface area contributed by atoms with Gasteiger partial charge in [0.1, 0.15) is 0 Å². The summed E-state index contributed by atoms with van der Waals surface area (Å²) in [6, 6.07) is 1.74. The van der Waals surface area contributed by atoms with Gasteiger partial charge in [0.05, 0.1) is 0 Å². The molecule has 2 nitrogen and oxygen atoms in total. The van der Waals surface area contributed by atoms with Gasteiger partial charge in [-0.1, -0.05) is 0 Å². The molecule has 0 N–H and O–H groups in total. The molecule has 0 aromatic rings. The Morgan fingerprint density at radius 2 is 2.00 bits per heavy atom. The average molecular weight is 266 g/mol. The van der Waals surface area contributed by atoms with Crippen LogP contribution in [0.1, 0.15) is 19.8 Å². The van der Waals surface area contributed by atoms with Crippen LogP contribution in [0.25, 0.3) is 0 Å². The lowest BCUT2D eigenvalue weighted by atomic mass is 10.2. The number of rotatable bonds is 1. The fourth-order valence-electron chi connectivity index (χ4n) is 1.88. The molecule has 1 aliphatic carbocycles. The van der Waals surface area contributed by atoms with E-state index in [9.17, 15) is 0 Å². The first-order chi connectivity index (χ1) is 5.27. The summed E-state index contributed by atoms with van der Waals surface area (Å²) in [5.41, 5.74) is 0. The molecule has 0 aromatic heterocycles. The highest BCUT2D eigenvalue weighted by molar-refractivity contribution is 14.1. The molecule has 1 atom stereocenters. The Kier molecular flexibility index (Phi) is 2.39. The largest absolute Gasteiger partial charge is 0.295 e. The Balaban J connectivity index is 1.90. The van der Waals surface area contributed by atoms with Gasteiger partial charge >= 0.3 is 0 Å². The first-order valence-corrected chi connectivity index (χ1v) is 5.40. The van der Waals surface area contributed by atoms with Crippen LogP contribution in [0.4, 0.5) is 0 Å². The summed E-state index contributed by atoms with van der Waals surface area (Å²) in [6.07, 6.45) is 2.90. The molecule has 1 unspecified atom stereocenters. The van der Waals surface area contributed by atoms with Crippen LogP contribution in [0.2, 0.25) is 0 Å². The van der Waals surface area contributed by atoms with Gasteiger partial charge in [0.25, 0.3) is 0 Å². The van der Waals surface area contributed by atoms with E-state index in [1.165, 1.54) is 32.5 Å². The predicted octanol–water partition coefficient (Wildman–Crippen LogP) is 1.50. The second-order valence-electron chi connectivity index (χ2n) is 3.69. The third-order valence-corrected chi connectivity index (χ3v) is 3.52. The molecular formula is C8H15IN2. The maximum Gasteiger partial charge on any atom is 0.0235 e. The van der Waals surface area contributed by atoms with E-state index in [1.807, 2.05) is 0 Å². The van der Waals surface area contributed by atoms with Crippen molar-refractivity contribution in [2.45, 2.75) is 31.8 Å². The summed E-state index contributed by atoms with van der Waals surface area (Å²) in [6.45, 7) is 6.14. The molecular weight excluding hydrogens is 251 g/mol. The van der Waals surface area contributed by atoms with Crippen LogP contribution in [0.5, 0.6) is 0 Å². The topological polar surface area (TPSA) is 6.48 Å². The molecule has 64 valence electrons. The lowest BCUT2D eigenvalue weighted by molar-refractivity contribution is 0.134. The van der Waals surface area contributed by atoms with Crippen LogP contribution >= 0.6 is 22.9 Å². The van der Waals surface area contributed by atoms with Gasteiger partial charge < -0.3 is 0 Å². The van der Waals surface area contributed by atoms with Crippen LogP contribution in [-0.4, -0.2) is 39.7 Å². The minimum absolute atomic E-state index is 0.785. The molecule has 2 fully saturated rings. The summed E-state index contributed by atoms with van der Waals surface area (Å²) in [7, 11) is 0. The van der Waals surface area contributed by atoms with E-state index in [4.69, 9.17) is 0 Å². The van der Waals surface area contributed by atoms with Crippen molar-refractivity contribution in [2.75, 3.05) is 19.6 Å². The van der Waals surface area contributed by atoms with E-state index in [1.54, 1.807) is 0 Å². The minimum Gasteiger partial charge on any atom is -0.295 e. The lowest BCUT2D eigenvalue weighted by Crippen LogP contribution is -2.49. The maximum absolute atomic E-state index is 2.68. The normalized spacial score (nSPS) is 36.0. The average Bonchev–Trinajstić information content (AvgIpc) is 2.70. The van der Waals surface area contributed by atoms with E-state index in [0.717, 1.165) is 12.1 Å². The van der Waals surface area contributed by atoms with Gasteiger partial charge in [0.2, 0.25) is 0 Å². The van der Waals surface area contributed by atoms with Gasteiger partial charge in [0, 0.05) is 54.6 Å². The zero-order chi connectivity index (χ0) is 7.84. The van der Waals surface area contributed by atoms with E-state index in [2.05, 4.69) is 37.8 Å². The minimum atomic E-state index is 0.785. The Labute approximate surface area is 82.4 Å². The van der Waals surface area contributed by atoms with E-state index < -0.39 is 0 Å². The van der Waals surface area contributed by atoms with Crippen molar-refractivity contribution in [3.63, 3.8) is 0 Å². The molecule has 2 rings (SSSR count). The van der Waals surface area contributed by atoms with Crippen LogP contribution in [0, 0.1) is 0 Å². The highest BCUT2D eigenvalue weighted by Gasteiger charge is 2.34. The van der Waals surface area contributed by atoms with Crippen LogP contribution < -0.4 is 0 Å². The third-order valence-electron chi connectivity index (χ3n) is 2.65. The highest BCUT2D eigenvalue weighted by Crippen LogP contribution is 2.30. The molecule has 3 heteroatoms. The molecule has 11 heavy (non-hydrogen) atoms. The van der Waals surface area contributed by atoms with Crippen molar-refractivity contribution in [3.8, 4) is 0 Å². The van der Waals surface area contributed by atoms with Crippen molar-refractivity contribution in [2.24, 2.45) is 0 Å². The van der Waals surface area contributed by atoms with Gasteiger partial charge in [-0.3, -0.25) is 4.90 Å². The Bertz CT molecular complexity index is 147. The molecule has 1 heterocycles. The van der Waals surface area contributed by atoms with Crippen molar-refractivity contribution in [1.29, 1.82) is 0 Å². The summed E-state index contributed by atoms with van der Waals surface area (Å²) in [5.74, 6) is 0. The predicted molar refractivity (Wildman–Crippen MR) is 54.8 cm³/mol. The van der Waals surface area contributed by atoms with Crippen LogP contribution in [0.3, 0.4) is 0 Å². The van der Waals surface area contributed by atoms with E-state index >= 15 is 0 Å². The Morgan fingerprint density at radius 3 is 2.55 bits per heavy atom. The van der Waals surface area contributed by atoms with E-state index in [-0.39, 0.29) is 0 Å². The summed E-state index contributed by atoms with van der Waals surface area (Å²) in [4.78, 5) is 2.68. The monoisotopic (exact) mass is 266 g/mol. The molecule has 0 spiro atoms. The fraction of sp³-hybridized carbons (Fsp3) is 1.00. The van der Waals surface area contributed by atoms with Crippen molar-refractivity contribution >= 4 is 22.9 Å². The quantitative estimate of drug-likeness (QED) is 0.524. The second kappa shape index (κ2) is 3.18. The van der Waals surface area contributed by atoms with Crippen LogP contribution in [0.15, 0.2) is 0 Å². The smallest absolute Gasteiger partial charge is 0.0235 e. The molecule has 1 aliphatic heterocycles. The number of piperazine rings is 1. The number of nitrogens with zero attached hydrogens (tertiary/aromatic N) is 2. The van der Waals surface area contributed by atoms with Gasteiger partial charge in [-0.05, 0) is 19.8 Å². The first kappa shape index (κ1) is 8.26. The summed E-state index contributed by atoms with van der Waals surface area (Å²) >= 11 is 2.43. The fourth-order valence-corrected chi connectivity index (χ4v) is 2.66. The first-order valence-electron chi connectivity index (χ1n) is 4.44. The lowest BCUT2D eigenvalue weighted by Gasteiger charge is -2.37. The van der Waals surface area contributed by atoms with Crippen LogP contribution in [-0.2, 0) is 0 Å². The third kappa shape index (κ3) is 1.87. The van der Waals surface area contributed by atoms with Gasteiger partial charge in [-0.2, -0.15) is 0 Å². The zero-order valence-corrected chi connectivity index (χ0v) is 9.12. The molecule has 2 aliphatic rings. The number of halogens is 1. The van der Waals surface area contributed by atoms with Crippen molar-refractivity contribution in [1.82, 2.24) is 8.01 Å². The highest BCUT2D eigenvalue weighted by atomic mass is 127. The van der Waals surface area contributed by atoms with Gasteiger partial charge in [-0.15, -0.1) is 0 Å². The SMILES string of the molecule is CC1CN(I)CCN1C1CC1. The molecule has 1 saturated carbocycles. The molecule has 0 radical (unpaired) electrons. The molecule has 1 saturated heterocycles. The van der Waals surface area contributed by atoms with Gasteiger partial charge in [-0.25, -0.2) is 3.11 Å². The van der Waals surface area contributed by atoms with Crippen molar-refractivity contribution < 1.29 is 0 Å². The molecule has 0 amide bonds. The maximum atomic E-state index is 2.68. The van der Waals surface area contributed by atoms with E-state index in [0.29, 0.717) is 0 Å². The Hall–Kier alpha value is 0.650. The van der Waals surface area contributed by atoms with Gasteiger partial charge in [0.15, 0.2) is 0 Å². The number of hydrogen-bond acceptors (Lipinski definition) is 2.